The van der Waals surface area contributed by atoms with Gasteiger partial charge in [-0.3, -0.25) is 0 Å². The highest BCUT2D eigenvalue weighted by atomic mass is 79.9. The van der Waals surface area contributed by atoms with Crippen LogP contribution in [0, 0.1) is 11.3 Å². The molecule has 74 valence electrons. The van der Waals surface area contributed by atoms with Crippen LogP contribution in [0.25, 0.3) is 11.0 Å². The van der Waals surface area contributed by atoms with E-state index >= 15 is 0 Å². The molecule has 6 heteroatoms. The highest BCUT2D eigenvalue weighted by molar-refractivity contribution is 9.10. The summed E-state index contributed by atoms with van der Waals surface area (Å²) in [5.74, 6) is -1.13. The molecule has 5 nitrogen and oxygen atoms in total. The van der Waals surface area contributed by atoms with Crippen LogP contribution in [-0.2, 0) is 0 Å². The number of fused-ring (bicyclic) bond motifs is 1. The molecule has 0 aliphatic heterocycles. The molecule has 0 amide bonds. The van der Waals surface area contributed by atoms with E-state index in [1.807, 2.05) is 0 Å². The van der Waals surface area contributed by atoms with Crippen molar-refractivity contribution >= 4 is 32.9 Å². The van der Waals surface area contributed by atoms with E-state index in [4.69, 9.17) is 14.8 Å². The number of aromatic nitrogens is 1. The van der Waals surface area contributed by atoms with Crippen molar-refractivity contribution in [2.75, 3.05) is 0 Å². The number of carboxylic acids is 1. The number of carboxylic acid groups (broad SMARTS) is 1. The Balaban J connectivity index is 2.85. The molecule has 2 aromatic heterocycles. The van der Waals surface area contributed by atoms with Gasteiger partial charge in [0.25, 0.3) is 0 Å². The Bertz CT molecular complexity index is 597. The summed E-state index contributed by atoms with van der Waals surface area (Å²) in [6.07, 6.45) is 0. The Morgan fingerprint density at radius 3 is 2.93 bits per heavy atom. The van der Waals surface area contributed by atoms with Crippen molar-refractivity contribution in [3.05, 3.63) is 28.2 Å². The smallest absolute Gasteiger partial charge is 0.358 e. The van der Waals surface area contributed by atoms with Gasteiger partial charge in [0.2, 0.25) is 5.76 Å². The molecule has 0 fully saturated rings. The highest BCUT2D eigenvalue weighted by Gasteiger charge is 2.16. The number of furan rings is 1. The third-order valence-electron chi connectivity index (χ3n) is 1.78. The molecule has 2 aromatic rings. The van der Waals surface area contributed by atoms with Crippen LogP contribution in [0.5, 0.6) is 0 Å². The molecule has 0 saturated heterocycles. The van der Waals surface area contributed by atoms with Crippen molar-refractivity contribution in [1.29, 1.82) is 5.26 Å². The second-order valence-corrected chi connectivity index (χ2v) is 3.55. The second kappa shape index (κ2) is 3.37. The molecule has 0 radical (unpaired) electrons. The number of halogens is 1. The predicted molar refractivity (Wildman–Crippen MR) is 53.4 cm³/mol. The van der Waals surface area contributed by atoms with Gasteiger partial charge in [-0.1, -0.05) is 0 Å². The maximum Gasteiger partial charge on any atom is 0.358 e. The van der Waals surface area contributed by atoms with Gasteiger partial charge in [-0.05, 0) is 22.0 Å². The van der Waals surface area contributed by atoms with Crippen LogP contribution in [0.1, 0.15) is 16.2 Å². The lowest BCUT2D eigenvalue weighted by Gasteiger charge is -1.95. The van der Waals surface area contributed by atoms with Crippen molar-refractivity contribution < 1.29 is 14.3 Å². The Labute approximate surface area is 92.1 Å². The van der Waals surface area contributed by atoms with E-state index in [0.717, 1.165) is 0 Å². The molecular formula is C9H3BrN2O3. The van der Waals surface area contributed by atoms with Gasteiger partial charge in [0.1, 0.15) is 10.7 Å². The molecule has 0 aliphatic rings. The Hall–Kier alpha value is -1.87. The lowest BCUT2D eigenvalue weighted by Crippen LogP contribution is -2.00. The third kappa shape index (κ3) is 1.57. The molecule has 15 heavy (non-hydrogen) atoms. The third-order valence-corrected chi connectivity index (χ3v) is 2.19. The Morgan fingerprint density at radius 1 is 1.60 bits per heavy atom. The van der Waals surface area contributed by atoms with E-state index < -0.39 is 5.97 Å². The first-order valence-electron chi connectivity index (χ1n) is 3.85. The van der Waals surface area contributed by atoms with E-state index in [-0.39, 0.29) is 17.0 Å². The fourth-order valence-corrected chi connectivity index (χ4v) is 1.64. The summed E-state index contributed by atoms with van der Waals surface area (Å²) >= 11 is 3.08. The summed E-state index contributed by atoms with van der Waals surface area (Å²) in [6, 6.07) is 4.86. The zero-order valence-electron chi connectivity index (χ0n) is 7.19. The topological polar surface area (TPSA) is 87.1 Å². The number of carbonyl (C=O) groups is 1. The fraction of sp³-hybridized carbons (Fsp3) is 0. The number of hydrogen-bond acceptors (Lipinski definition) is 4. The first kappa shape index (κ1) is 9.68. The number of rotatable bonds is 1. The van der Waals surface area contributed by atoms with Gasteiger partial charge in [0, 0.05) is 11.5 Å². The number of nitriles is 1. The molecule has 0 aliphatic carbocycles. The minimum absolute atomic E-state index is 0.0624. The molecular weight excluding hydrogens is 264 g/mol. The van der Waals surface area contributed by atoms with Gasteiger partial charge in [-0.25, -0.2) is 9.78 Å². The molecule has 0 unspecified atom stereocenters. The SMILES string of the molecule is N#Cc1cc2cc(Br)nc(C(=O)O)c2o1. The molecule has 0 aromatic carbocycles. The molecule has 1 N–H and O–H groups in total. The summed E-state index contributed by atoms with van der Waals surface area (Å²) in [6.45, 7) is 0. The lowest BCUT2D eigenvalue weighted by atomic mass is 10.2. The zero-order valence-corrected chi connectivity index (χ0v) is 8.78. The minimum Gasteiger partial charge on any atom is -0.476 e. The van der Waals surface area contributed by atoms with Crippen molar-refractivity contribution in [3.63, 3.8) is 0 Å². The largest absolute Gasteiger partial charge is 0.476 e. The Kier molecular flexibility index (Phi) is 2.17. The molecule has 0 atom stereocenters. The predicted octanol–water partition coefficient (Wildman–Crippen LogP) is 2.16. The van der Waals surface area contributed by atoms with Crippen molar-refractivity contribution in [3.8, 4) is 6.07 Å². The van der Waals surface area contributed by atoms with Crippen LogP contribution >= 0.6 is 15.9 Å². The van der Waals surface area contributed by atoms with E-state index in [1.54, 1.807) is 12.1 Å². The number of nitrogens with zero attached hydrogens (tertiary/aromatic N) is 2. The van der Waals surface area contributed by atoms with Crippen LogP contribution in [0.3, 0.4) is 0 Å². The fourth-order valence-electron chi connectivity index (χ4n) is 1.22. The van der Waals surface area contributed by atoms with E-state index in [1.165, 1.54) is 6.07 Å². The van der Waals surface area contributed by atoms with Crippen LogP contribution in [0.4, 0.5) is 0 Å². The van der Waals surface area contributed by atoms with Crippen molar-refractivity contribution in [1.82, 2.24) is 4.98 Å². The average Bonchev–Trinajstić information content (AvgIpc) is 2.58. The first-order valence-corrected chi connectivity index (χ1v) is 4.64. The van der Waals surface area contributed by atoms with Gasteiger partial charge >= 0.3 is 5.97 Å². The summed E-state index contributed by atoms with van der Waals surface area (Å²) in [7, 11) is 0. The van der Waals surface area contributed by atoms with E-state index in [2.05, 4.69) is 20.9 Å². The molecule has 0 saturated carbocycles. The van der Waals surface area contributed by atoms with Gasteiger partial charge < -0.3 is 9.52 Å². The number of pyridine rings is 1. The monoisotopic (exact) mass is 266 g/mol. The van der Waals surface area contributed by atoms with Crippen LogP contribution in [-0.4, -0.2) is 16.1 Å². The van der Waals surface area contributed by atoms with Crippen molar-refractivity contribution in [2.24, 2.45) is 0 Å². The number of aromatic carboxylic acids is 1. The normalized spacial score (nSPS) is 10.1. The molecule has 2 heterocycles. The maximum atomic E-state index is 10.8. The summed E-state index contributed by atoms with van der Waals surface area (Å²) < 4.78 is 5.43. The number of hydrogen-bond donors (Lipinski definition) is 1. The van der Waals surface area contributed by atoms with Gasteiger partial charge in [-0.2, -0.15) is 5.26 Å². The Morgan fingerprint density at radius 2 is 2.33 bits per heavy atom. The minimum atomic E-state index is -1.19. The second-order valence-electron chi connectivity index (χ2n) is 2.74. The van der Waals surface area contributed by atoms with Crippen LogP contribution in [0.2, 0.25) is 0 Å². The molecule has 2 rings (SSSR count). The van der Waals surface area contributed by atoms with Gasteiger partial charge in [0.15, 0.2) is 11.3 Å². The van der Waals surface area contributed by atoms with E-state index in [9.17, 15) is 4.79 Å². The first-order chi connectivity index (χ1) is 7.11. The van der Waals surface area contributed by atoms with Gasteiger partial charge in [-0.15, -0.1) is 0 Å². The van der Waals surface area contributed by atoms with E-state index in [0.29, 0.717) is 9.99 Å². The quantitative estimate of drug-likeness (QED) is 0.800. The summed E-state index contributed by atoms with van der Waals surface area (Å²) in [5.41, 5.74) is -0.0943. The summed E-state index contributed by atoms with van der Waals surface area (Å²) in [4.78, 5) is 14.6. The van der Waals surface area contributed by atoms with Crippen LogP contribution < -0.4 is 0 Å². The zero-order chi connectivity index (χ0) is 11.0. The van der Waals surface area contributed by atoms with Crippen LogP contribution in [0.15, 0.2) is 21.2 Å². The molecule has 0 bridgehead atoms. The highest BCUT2D eigenvalue weighted by Crippen LogP contribution is 2.24. The van der Waals surface area contributed by atoms with Gasteiger partial charge in [0.05, 0.1) is 0 Å². The standard InChI is InChI=1S/C9H3BrN2O3/c10-6-2-4-1-5(3-11)15-8(4)7(12-6)9(13)14/h1-2H,(H,13,14). The maximum absolute atomic E-state index is 10.8. The average molecular weight is 267 g/mol. The lowest BCUT2D eigenvalue weighted by molar-refractivity contribution is 0.0691. The summed E-state index contributed by atoms with van der Waals surface area (Å²) in [5, 5.41) is 18.0. The molecule has 0 spiro atoms. The van der Waals surface area contributed by atoms with Crippen molar-refractivity contribution in [2.45, 2.75) is 0 Å².